The predicted octanol–water partition coefficient (Wildman–Crippen LogP) is -2.88. The zero-order valence-electron chi connectivity index (χ0n) is 5.62. The summed E-state index contributed by atoms with van der Waals surface area (Å²) in [5, 5.41) is 34.0. The lowest BCUT2D eigenvalue weighted by molar-refractivity contribution is -0.0328. The highest BCUT2D eigenvalue weighted by atomic mass is 16.3. The van der Waals surface area contributed by atoms with Gasteiger partial charge in [-0.25, -0.2) is 0 Å². The van der Waals surface area contributed by atoms with E-state index < -0.39 is 31.8 Å². The molecule has 0 heterocycles. The van der Waals surface area contributed by atoms with Gasteiger partial charge in [-0.3, -0.25) is 0 Å². The number of hydrogen-bond donors (Lipinski definition) is 4. The van der Waals surface area contributed by atoms with E-state index in [4.69, 9.17) is 20.4 Å². The monoisotopic (exact) mass is 154 g/mol. The van der Waals surface area contributed by atoms with Crippen LogP contribution in [0.3, 0.4) is 0 Å². The summed E-state index contributed by atoms with van der Waals surface area (Å²) in [6.07, 6.45) is 0. The molecule has 0 rings (SSSR count). The van der Waals surface area contributed by atoms with Crippen LogP contribution < -0.4 is 0 Å². The Labute approximate surface area is 58.9 Å². The average molecular weight is 154 g/mol. The van der Waals surface area contributed by atoms with E-state index in [1.807, 2.05) is 0 Å². The highest BCUT2D eigenvalue weighted by molar-refractivity contribution is 4.74. The summed E-state index contributed by atoms with van der Waals surface area (Å²) >= 11 is 0. The third kappa shape index (κ3) is 2.59. The van der Waals surface area contributed by atoms with Crippen molar-refractivity contribution >= 4 is 0 Å². The van der Waals surface area contributed by atoms with Crippen molar-refractivity contribution in [2.45, 2.75) is 0 Å². The summed E-state index contributed by atoms with van der Waals surface area (Å²) in [7, 11) is 0. The first-order chi connectivity index (χ1) is 4.24. The van der Waals surface area contributed by atoms with E-state index in [-0.39, 0.29) is 5.48 Å². The Morgan fingerprint density at radius 3 is 0.900 bits per heavy atom. The third-order valence-corrected chi connectivity index (χ3v) is 1.34. The summed E-state index contributed by atoms with van der Waals surface area (Å²) in [6, 6.07) is 0. The van der Waals surface area contributed by atoms with Gasteiger partial charge in [-0.1, -0.05) is 0 Å². The summed E-state index contributed by atoms with van der Waals surface area (Å²) in [4.78, 5) is 0. The molecule has 5 heteroatoms. The van der Waals surface area contributed by atoms with Crippen LogP contribution in [-0.2, 0) is 0 Å². The molecule has 0 aromatic rings. The van der Waals surface area contributed by atoms with Crippen molar-refractivity contribution in [1.82, 2.24) is 0 Å². The standard InChI is InChI=1S/C5H12O4.H2O/c6-1-5(2-7,3-8)4-9;/h6-9H,1-4H2;1H2. The highest BCUT2D eigenvalue weighted by Gasteiger charge is 2.26. The second-order valence-electron chi connectivity index (χ2n) is 2.13. The summed E-state index contributed by atoms with van der Waals surface area (Å²) in [5.41, 5.74) is -1.11. The second-order valence-corrected chi connectivity index (χ2v) is 2.13. The Balaban J connectivity index is 0. The molecule has 0 saturated carbocycles. The molecular weight excluding hydrogens is 140 g/mol. The first kappa shape index (κ1) is 12.5. The van der Waals surface area contributed by atoms with Crippen molar-refractivity contribution in [3.8, 4) is 0 Å². The van der Waals surface area contributed by atoms with E-state index in [0.29, 0.717) is 0 Å². The molecule has 0 bridgehead atoms. The molecule has 0 aliphatic carbocycles. The van der Waals surface area contributed by atoms with Gasteiger partial charge in [0.1, 0.15) is 0 Å². The van der Waals surface area contributed by atoms with Gasteiger partial charge < -0.3 is 25.9 Å². The molecule has 0 spiro atoms. The first-order valence-electron chi connectivity index (χ1n) is 2.68. The minimum Gasteiger partial charge on any atom is -0.412 e. The maximum Gasteiger partial charge on any atom is 0.0627 e. The zero-order valence-corrected chi connectivity index (χ0v) is 5.62. The normalized spacial score (nSPS) is 10.8. The Morgan fingerprint density at radius 1 is 0.700 bits per heavy atom. The van der Waals surface area contributed by atoms with E-state index in [1.165, 1.54) is 0 Å². The van der Waals surface area contributed by atoms with Gasteiger partial charge in [-0.15, -0.1) is 0 Å². The molecule has 64 valence electrons. The van der Waals surface area contributed by atoms with Gasteiger partial charge in [0.25, 0.3) is 0 Å². The van der Waals surface area contributed by atoms with Crippen LogP contribution in [0.1, 0.15) is 0 Å². The van der Waals surface area contributed by atoms with Gasteiger partial charge in [0.15, 0.2) is 0 Å². The maximum atomic E-state index is 8.50. The number of aliphatic hydroxyl groups is 4. The number of rotatable bonds is 4. The SMILES string of the molecule is O.OCC(CO)(CO)CO. The van der Waals surface area contributed by atoms with Crippen molar-refractivity contribution in [3.63, 3.8) is 0 Å². The Bertz CT molecular complexity index is 52.9. The van der Waals surface area contributed by atoms with Crippen LogP contribution in [0.5, 0.6) is 0 Å². The molecule has 0 fully saturated rings. The van der Waals surface area contributed by atoms with Crippen LogP contribution in [0.4, 0.5) is 0 Å². The molecule has 0 aliphatic heterocycles. The van der Waals surface area contributed by atoms with Crippen molar-refractivity contribution in [2.24, 2.45) is 5.41 Å². The Hall–Kier alpha value is -0.200. The quantitative estimate of drug-likeness (QED) is 0.348. The molecule has 0 aromatic heterocycles. The average Bonchev–Trinajstić information content (AvgIpc) is 1.95. The van der Waals surface area contributed by atoms with Gasteiger partial charge in [0.05, 0.1) is 31.8 Å². The largest absolute Gasteiger partial charge is 0.412 e. The molecule has 6 N–H and O–H groups in total. The molecule has 0 aliphatic rings. The number of aliphatic hydroxyl groups excluding tert-OH is 4. The van der Waals surface area contributed by atoms with Crippen molar-refractivity contribution in [3.05, 3.63) is 0 Å². The van der Waals surface area contributed by atoms with Crippen LogP contribution in [0, 0.1) is 5.41 Å². The first-order valence-corrected chi connectivity index (χ1v) is 2.68. The van der Waals surface area contributed by atoms with Crippen molar-refractivity contribution in [2.75, 3.05) is 26.4 Å². The van der Waals surface area contributed by atoms with Crippen LogP contribution in [-0.4, -0.2) is 52.3 Å². The molecule has 0 radical (unpaired) electrons. The topological polar surface area (TPSA) is 112 Å². The summed E-state index contributed by atoms with van der Waals surface area (Å²) < 4.78 is 0. The molecule has 5 nitrogen and oxygen atoms in total. The fourth-order valence-corrected chi connectivity index (χ4v) is 0.300. The predicted molar refractivity (Wildman–Crippen MR) is 34.4 cm³/mol. The summed E-state index contributed by atoms with van der Waals surface area (Å²) in [5.74, 6) is 0. The van der Waals surface area contributed by atoms with Gasteiger partial charge in [-0.05, 0) is 0 Å². The van der Waals surface area contributed by atoms with E-state index in [9.17, 15) is 0 Å². The molecule has 0 unspecified atom stereocenters. The van der Waals surface area contributed by atoms with Gasteiger partial charge in [0, 0.05) is 0 Å². The third-order valence-electron chi connectivity index (χ3n) is 1.34. The molecule has 10 heavy (non-hydrogen) atoms. The smallest absolute Gasteiger partial charge is 0.0627 e. The molecular formula is C5H14O5. The fraction of sp³-hybridized carbons (Fsp3) is 1.00. The van der Waals surface area contributed by atoms with Gasteiger partial charge in [-0.2, -0.15) is 0 Å². The van der Waals surface area contributed by atoms with Gasteiger partial charge in [0.2, 0.25) is 0 Å². The summed E-state index contributed by atoms with van der Waals surface area (Å²) in [6.45, 7) is -1.62. The minimum atomic E-state index is -1.11. The van der Waals surface area contributed by atoms with Crippen LogP contribution in [0.2, 0.25) is 0 Å². The lowest BCUT2D eigenvalue weighted by atomic mass is 9.93. The van der Waals surface area contributed by atoms with Gasteiger partial charge >= 0.3 is 0 Å². The van der Waals surface area contributed by atoms with E-state index >= 15 is 0 Å². The number of hydrogen-bond acceptors (Lipinski definition) is 4. The second kappa shape index (κ2) is 5.57. The molecule has 0 atom stereocenters. The molecule has 0 aromatic carbocycles. The van der Waals surface area contributed by atoms with Crippen LogP contribution in [0.25, 0.3) is 0 Å². The maximum absolute atomic E-state index is 8.50. The highest BCUT2D eigenvalue weighted by Crippen LogP contribution is 2.11. The Kier molecular flexibility index (Phi) is 6.95. The fourth-order valence-electron chi connectivity index (χ4n) is 0.300. The van der Waals surface area contributed by atoms with E-state index in [0.717, 1.165) is 0 Å². The molecule has 0 amide bonds. The van der Waals surface area contributed by atoms with Crippen molar-refractivity contribution in [1.29, 1.82) is 0 Å². The lowest BCUT2D eigenvalue weighted by Crippen LogP contribution is -2.37. The minimum absolute atomic E-state index is 0. The van der Waals surface area contributed by atoms with Crippen LogP contribution >= 0.6 is 0 Å². The van der Waals surface area contributed by atoms with E-state index in [1.54, 1.807) is 0 Å². The van der Waals surface area contributed by atoms with Crippen LogP contribution in [0.15, 0.2) is 0 Å². The van der Waals surface area contributed by atoms with E-state index in [2.05, 4.69) is 0 Å². The molecule has 0 saturated heterocycles. The Morgan fingerprint density at radius 2 is 0.900 bits per heavy atom. The lowest BCUT2D eigenvalue weighted by Gasteiger charge is -2.23. The zero-order chi connectivity index (χ0) is 7.33. The van der Waals surface area contributed by atoms with Crippen molar-refractivity contribution < 1.29 is 25.9 Å².